The third-order valence-electron chi connectivity index (χ3n) is 3.66. The maximum absolute atomic E-state index is 12.4. The lowest BCUT2D eigenvalue weighted by Crippen LogP contribution is -2.24. The standard InChI is InChI=1S/C15H16N2O/c1-17-10-11(9-16-17)8-13-7-6-12-4-2-3-5-14(12)15(13)18/h2-5,9-10,13H,6-8H2,1H3. The van der Waals surface area contributed by atoms with E-state index in [0.717, 1.165) is 30.4 Å². The molecule has 0 saturated heterocycles. The molecule has 1 aliphatic carbocycles. The van der Waals surface area contributed by atoms with E-state index in [1.807, 2.05) is 37.6 Å². The highest BCUT2D eigenvalue weighted by Gasteiger charge is 2.27. The van der Waals surface area contributed by atoms with Crippen LogP contribution in [-0.4, -0.2) is 15.6 Å². The van der Waals surface area contributed by atoms with Gasteiger partial charge < -0.3 is 0 Å². The number of hydrogen-bond donors (Lipinski definition) is 0. The van der Waals surface area contributed by atoms with Crippen molar-refractivity contribution in [1.29, 1.82) is 0 Å². The van der Waals surface area contributed by atoms with Gasteiger partial charge in [0.25, 0.3) is 0 Å². The molecule has 3 nitrogen and oxygen atoms in total. The molecule has 2 aromatic rings. The number of benzene rings is 1. The van der Waals surface area contributed by atoms with Crippen molar-refractivity contribution in [2.45, 2.75) is 19.3 Å². The third-order valence-corrected chi connectivity index (χ3v) is 3.66. The molecule has 0 N–H and O–H groups in total. The molecule has 1 aliphatic rings. The second-order valence-electron chi connectivity index (χ2n) is 4.98. The highest BCUT2D eigenvalue weighted by molar-refractivity contribution is 6.00. The lowest BCUT2D eigenvalue weighted by molar-refractivity contribution is 0.0901. The first kappa shape index (κ1) is 11.2. The van der Waals surface area contributed by atoms with Gasteiger partial charge in [0.1, 0.15) is 0 Å². The molecule has 1 aromatic heterocycles. The summed E-state index contributed by atoms with van der Waals surface area (Å²) in [6.45, 7) is 0. The molecule has 0 spiro atoms. The fraction of sp³-hybridized carbons (Fsp3) is 0.333. The van der Waals surface area contributed by atoms with Gasteiger partial charge in [0.15, 0.2) is 5.78 Å². The molecule has 0 aliphatic heterocycles. The molecule has 1 atom stereocenters. The minimum atomic E-state index is 0.115. The van der Waals surface area contributed by atoms with Crippen LogP contribution in [0.2, 0.25) is 0 Å². The van der Waals surface area contributed by atoms with Crippen molar-refractivity contribution in [3.05, 3.63) is 53.3 Å². The summed E-state index contributed by atoms with van der Waals surface area (Å²) in [6, 6.07) is 7.97. The molecule has 1 heterocycles. The van der Waals surface area contributed by atoms with Gasteiger partial charge in [-0.05, 0) is 30.4 Å². The first-order valence-corrected chi connectivity index (χ1v) is 6.33. The normalized spacial score (nSPS) is 18.7. The van der Waals surface area contributed by atoms with Crippen LogP contribution in [0.5, 0.6) is 0 Å². The van der Waals surface area contributed by atoms with Crippen LogP contribution in [-0.2, 0) is 19.9 Å². The first-order valence-electron chi connectivity index (χ1n) is 6.33. The summed E-state index contributed by atoms with van der Waals surface area (Å²) in [5, 5.41) is 4.16. The molecule has 0 bridgehead atoms. The second-order valence-corrected chi connectivity index (χ2v) is 4.98. The van der Waals surface area contributed by atoms with Crippen LogP contribution in [0.1, 0.15) is 27.9 Å². The Morgan fingerprint density at radius 2 is 2.22 bits per heavy atom. The van der Waals surface area contributed by atoms with Gasteiger partial charge in [-0.2, -0.15) is 5.10 Å². The summed E-state index contributed by atoms with van der Waals surface area (Å²) >= 11 is 0. The zero-order chi connectivity index (χ0) is 12.5. The van der Waals surface area contributed by atoms with E-state index in [4.69, 9.17) is 0 Å². The summed E-state index contributed by atoms with van der Waals surface area (Å²) in [5.74, 6) is 0.407. The van der Waals surface area contributed by atoms with Crippen molar-refractivity contribution >= 4 is 5.78 Å². The van der Waals surface area contributed by atoms with Crippen molar-refractivity contribution in [3.8, 4) is 0 Å². The Labute approximate surface area is 106 Å². The largest absolute Gasteiger partial charge is 0.294 e. The predicted molar refractivity (Wildman–Crippen MR) is 69.5 cm³/mol. The minimum absolute atomic E-state index is 0.115. The average molecular weight is 240 g/mol. The Hall–Kier alpha value is -1.90. The lowest BCUT2D eigenvalue weighted by Gasteiger charge is -2.22. The molecule has 0 amide bonds. The number of aromatic nitrogens is 2. The number of carbonyl (C=O) groups excluding carboxylic acids is 1. The van der Waals surface area contributed by atoms with E-state index >= 15 is 0 Å². The van der Waals surface area contributed by atoms with E-state index < -0.39 is 0 Å². The van der Waals surface area contributed by atoms with Crippen molar-refractivity contribution < 1.29 is 4.79 Å². The average Bonchev–Trinajstić information content (AvgIpc) is 2.79. The SMILES string of the molecule is Cn1cc(CC2CCc3ccccc3C2=O)cn1. The van der Waals surface area contributed by atoms with Crippen LogP contribution in [0.25, 0.3) is 0 Å². The highest BCUT2D eigenvalue weighted by Crippen LogP contribution is 2.27. The van der Waals surface area contributed by atoms with Crippen LogP contribution in [0.3, 0.4) is 0 Å². The van der Waals surface area contributed by atoms with Crippen molar-refractivity contribution in [2.75, 3.05) is 0 Å². The Morgan fingerprint density at radius 3 is 3.00 bits per heavy atom. The van der Waals surface area contributed by atoms with Gasteiger partial charge in [0, 0.05) is 24.7 Å². The van der Waals surface area contributed by atoms with Crippen LogP contribution in [0, 0.1) is 5.92 Å². The van der Waals surface area contributed by atoms with E-state index in [-0.39, 0.29) is 5.92 Å². The molecular formula is C15H16N2O. The summed E-state index contributed by atoms with van der Waals surface area (Å²) in [4.78, 5) is 12.4. The monoisotopic (exact) mass is 240 g/mol. The molecule has 3 heteroatoms. The van der Waals surface area contributed by atoms with Gasteiger partial charge in [-0.25, -0.2) is 0 Å². The number of fused-ring (bicyclic) bond motifs is 1. The smallest absolute Gasteiger partial charge is 0.166 e. The number of aryl methyl sites for hydroxylation is 2. The Kier molecular flexibility index (Phi) is 2.74. The highest BCUT2D eigenvalue weighted by atomic mass is 16.1. The topological polar surface area (TPSA) is 34.9 Å². The minimum Gasteiger partial charge on any atom is -0.294 e. The molecule has 0 radical (unpaired) electrons. The van der Waals surface area contributed by atoms with Crippen LogP contribution < -0.4 is 0 Å². The fourth-order valence-corrected chi connectivity index (χ4v) is 2.72. The lowest BCUT2D eigenvalue weighted by atomic mass is 9.80. The fourth-order valence-electron chi connectivity index (χ4n) is 2.72. The first-order chi connectivity index (χ1) is 8.74. The van der Waals surface area contributed by atoms with Gasteiger partial charge >= 0.3 is 0 Å². The molecule has 0 saturated carbocycles. The quantitative estimate of drug-likeness (QED) is 0.808. The van der Waals surface area contributed by atoms with E-state index in [9.17, 15) is 4.79 Å². The second kappa shape index (κ2) is 4.41. The van der Waals surface area contributed by atoms with E-state index in [0.29, 0.717) is 5.78 Å². The number of Topliss-reactive ketones (excluding diaryl/α,β-unsaturated/α-hetero) is 1. The maximum Gasteiger partial charge on any atom is 0.166 e. The molecule has 1 unspecified atom stereocenters. The molecular weight excluding hydrogens is 224 g/mol. The summed E-state index contributed by atoms with van der Waals surface area (Å²) < 4.78 is 1.79. The van der Waals surface area contributed by atoms with Gasteiger partial charge in [-0.1, -0.05) is 24.3 Å². The Morgan fingerprint density at radius 1 is 1.39 bits per heavy atom. The molecule has 0 fully saturated rings. The van der Waals surface area contributed by atoms with Crippen molar-refractivity contribution in [3.63, 3.8) is 0 Å². The van der Waals surface area contributed by atoms with Crippen LogP contribution in [0.15, 0.2) is 36.7 Å². The summed E-state index contributed by atoms with van der Waals surface area (Å²) in [5.41, 5.74) is 3.26. The Bertz CT molecular complexity index is 586. The molecule has 3 rings (SSSR count). The number of nitrogens with zero attached hydrogens (tertiary/aromatic N) is 2. The molecule has 1 aromatic carbocycles. The summed E-state index contributed by atoms with van der Waals surface area (Å²) in [6.07, 6.45) is 6.61. The van der Waals surface area contributed by atoms with Crippen LogP contribution >= 0.6 is 0 Å². The van der Waals surface area contributed by atoms with Crippen molar-refractivity contribution in [2.24, 2.45) is 13.0 Å². The predicted octanol–water partition coefficient (Wildman–Crippen LogP) is 2.41. The molecule has 18 heavy (non-hydrogen) atoms. The van der Waals surface area contributed by atoms with E-state index in [2.05, 4.69) is 11.2 Å². The van der Waals surface area contributed by atoms with Crippen LogP contribution in [0.4, 0.5) is 0 Å². The maximum atomic E-state index is 12.4. The Balaban J connectivity index is 1.82. The number of ketones is 1. The van der Waals surface area contributed by atoms with Gasteiger partial charge in [0.2, 0.25) is 0 Å². The molecule has 92 valence electrons. The van der Waals surface area contributed by atoms with E-state index in [1.165, 1.54) is 5.56 Å². The van der Waals surface area contributed by atoms with Gasteiger partial charge in [0.05, 0.1) is 6.20 Å². The third kappa shape index (κ3) is 1.96. The number of rotatable bonds is 2. The number of carbonyl (C=O) groups is 1. The summed E-state index contributed by atoms with van der Waals surface area (Å²) in [7, 11) is 1.90. The zero-order valence-corrected chi connectivity index (χ0v) is 10.5. The van der Waals surface area contributed by atoms with Gasteiger partial charge in [-0.3, -0.25) is 9.48 Å². The van der Waals surface area contributed by atoms with E-state index in [1.54, 1.807) is 4.68 Å². The van der Waals surface area contributed by atoms with Gasteiger partial charge in [-0.15, -0.1) is 0 Å². The zero-order valence-electron chi connectivity index (χ0n) is 10.5. The number of hydrogen-bond acceptors (Lipinski definition) is 2. The van der Waals surface area contributed by atoms with Crippen molar-refractivity contribution in [1.82, 2.24) is 9.78 Å².